The standard InChI is InChI=1S/C16H24N4O2S.ClH/c1-18(16(22)14-3-2-10-23-14)12-15(21)20-7-4-13(11-20)19-8-5-17-6-9-19;/h2-3,10,13,17H,4-9,11-12H2,1H3;1H. The van der Waals surface area contributed by atoms with Gasteiger partial charge in [0.1, 0.15) is 0 Å². The fourth-order valence-electron chi connectivity index (χ4n) is 3.28. The summed E-state index contributed by atoms with van der Waals surface area (Å²) in [6, 6.07) is 4.12. The van der Waals surface area contributed by atoms with Crippen LogP contribution in [-0.2, 0) is 4.79 Å². The zero-order chi connectivity index (χ0) is 16.2. The number of rotatable bonds is 4. The van der Waals surface area contributed by atoms with Crippen LogP contribution >= 0.6 is 23.7 Å². The summed E-state index contributed by atoms with van der Waals surface area (Å²) in [5.41, 5.74) is 0. The predicted octanol–water partition coefficient (Wildman–Crippen LogP) is 0.748. The molecule has 0 aliphatic carbocycles. The molecular formula is C16H25ClN4O2S. The molecule has 3 heterocycles. The van der Waals surface area contributed by atoms with Gasteiger partial charge in [-0.25, -0.2) is 0 Å². The van der Waals surface area contributed by atoms with Crippen LogP contribution in [0.5, 0.6) is 0 Å². The maximum atomic E-state index is 12.5. The first-order valence-electron chi connectivity index (χ1n) is 8.16. The molecule has 8 heteroatoms. The summed E-state index contributed by atoms with van der Waals surface area (Å²) < 4.78 is 0. The summed E-state index contributed by atoms with van der Waals surface area (Å²) in [7, 11) is 1.70. The number of likely N-dealkylation sites (tertiary alicyclic amines) is 1. The molecule has 0 saturated carbocycles. The zero-order valence-corrected chi connectivity index (χ0v) is 15.6. The van der Waals surface area contributed by atoms with Crippen molar-refractivity contribution in [1.29, 1.82) is 0 Å². The highest BCUT2D eigenvalue weighted by atomic mass is 35.5. The maximum Gasteiger partial charge on any atom is 0.264 e. The normalized spacial score (nSPS) is 21.4. The molecule has 6 nitrogen and oxygen atoms in total. The molecule has 1 unspecified atom stereocenters. The Labute approximate surface area is 153 Å². The number of carbonyl (C=O) groups is 2. The van der Waals surface area contributed by atoms with Crippen LogP contribution in [0.15, 0.2) is 17.5 Å². The molecule has 2 amide bonds. The smallest absolute Gasteiger partial charge is 0.264 e. The van der Waals surface area contributed by atoms with Gasteiger partial charge >= 0.3 is 0 Å². The van der Waals surface area contributed by atoms with Crippen LogP contribution < -0.4 is 5.32 Å². The van der Waals surface area contributed by atoms with Gasteiger partial charge in [0.2, 0.25) is 5.91 Å². The molecule has 1 atom stereocenters. The van der Waals surface area contributed by atoms with Gasteiger partial charge in [-0.3, -0.25) is 14.5 Å². The molecule has 3 rings (SSSR count). The number of thiophene rings is 1. The van der Waals surface area contributed by atoms with Crippen molar-refractivity contribution in [3.63, 3.8) is 0 Å². The highest BCUT2D eigenvalue weighted by molar-refractivity contribution is 7.12. The lowest BCUT2D eigenvalue weighted by molar-refractivity contribution is -0.130. The van der Waals surface area contributed by atoms with Gasteiger partial charge in [0.15, 0.2) is 0 Å². The van der Waals surface area contributed by atoms with Crippen LogP contribution in [0, 0.1) is 0 Å². The molecule has 0 radical (unpaired) electrons. The second-order valence-corrected chi connectivity index (χ2v) is 7.15. The maximum absolute atomic E-state index is 12.5. The third-order valence-electron chi connectivity index (χ3n) is 4.64. The van der Waals surface area contributed by atoms with Gasteiger partial charge in [-0.1, -0.05) is 6.07 Å². The SMILES string of the molecule is CN(CC(=O)N1CCC(N2CCNCC2)C1)C(=O)c1cccs1.Cl. The van der Waals surface area contributed by atoms with Gasteiger partial charge in [-0.2, -0.15) is 0 Å². The number of piperazine rings is 1. The van der Waals surface area contributed by atoms with Gasteiger partial charge in [0.25, 0.3) is 5.91 Å². The minimum Gasteiger partial charge on any atom is -0.340 e. The quantitative estimate of drug-likeness (QED) is 0.847. The Hall–Kier alpha value is -1.15. The first kappa shape index (κ1) is 19.2. The van der Waals surface area contributed by atoms with Crippen LogP contribution in [0.1, 0.15) is 16.1 Å². The van der Waals surface area contributed by atoms with Crippen molar-refractivity contribution in [3.05, 3.63) is 22.4 Å². The van der Waals surface area contributed by atoms with Gasteiger partial charge in [-0.15, -0.1) is 23.7 Å². The number of halogens is 1. The van der Waals surface area contributed by atoms with Crippen molar-refractivity contribution < 1.29 is 9.59 Å². The second kappa shape index (κ2) is 8.80. The summed E-state index contributed by atoms with van der Waals surface area (Å²) in [5.74, 6) is -0.0266. The van der Waals surface area contributed by atoms with Gasteiger partial charge in [0, 0.05) is 52.4 Å². The second-order valence-electron chi connectivity index (χ2n) is 6.21. The average molecular weight is 373 g/mol. The number of nitrogens with zero attached hydrogens (tertiary/aromatic N) is 3. The summed E-state index contributed by atoms with van der Waals surface area (Å²) in [6.45, 7) is 5.93. The van der Waals surface area contributed by atoms with Crippen LogP contribution in [0.25, 0.3) is 0 Å². The van der Waals surface area contributed by atoms with Crippen molar-refractivity contribution in [2.45, 2.75) is 12.5 Å². The molecule has 2 fully saturated rings. The monoisotopic (exact) mass is 372 g/mol. The van der Waals surface area contributed by atoms with E-state index in [9.17, 15) is 9.59 Å². The summed E-state index contributed by atoms with van der Waals surface area (Å²) in [6.07, 6.45) is 1.04. The predicted molar refractivity (Wildman–Crippen MR) is 98.0 cm³/mol. The molecular weight excluding hydrogens is 348 g/mol. The number of hydrogen-bond acceptors (Lipinski definition) is 5. The van der Waals surface area contributed by atoms with Crippen molar-refractivity contribution in [2.75, 3.05) is 52.9 Å². The first-order valence-corrected chi connectivity index (χ1v) is 9.04. The summed E-state index contributed by atoms with van der Waals surface area (Å²) >= 11 is 1.41. The van der Waals surface area contributed by atoms with E-state index in [2.05, 4.69) is 10.2 Å². The number of likely N-dealkylation sites (N-methyl/N-ethyl adjacent to an activating group) is 1. The molecule has 1 aromatic rings. The molecule has 2 aliphatic rings. The lowest BCUT2D eigenvalue weighted by atomic mass is 10.2. The van der Waals surface area contributed by atoms with E-state index in [1.807, 2.05) is 16.3 Å². The molecule has 24 heavy (non-hydrogen) atoms. The van der Waals surface area contributed by atoms with Crippen LogP contribution in [0.3, 0.4) is 0 Å². The van der Waals surface area contributed by atoms with Gasteiger partial charge in [-0.05, 0) is 17.9 Å². The first-order chi connectivity index (χ1) is 11.1. The van der Waals surface area contributed by atoms with Crippen LogP contribution in [0.4, 0.5) is 0 Å². The Morgan fingerprint density at radius 1 is 1.33 bits per heavy atom. The molecule has 1 aromatic heterocycles. The van der Waals surface area contributed by atoms with Crippen LogP contribution in [-0.4, -0.2) is 85.4 Å². The van der Waals surface area contributed by atoms with Gasteiger partial charge < -0.3 is 15.1 Å². The summed E-state index contributed by atoms with van der Waals surface area (Å²) in [4.78, 5) is 31.3. The van der Waals surface area contributed by atoms with E-state index in [0.29, 0.717) is 10.9 Å². The highest BCUT2D eigenvalue weighted by Gasteiger charge is 2.31. The fraction of sp³-hybridized carbons (Fsp3) is 0.625. The van der Waals surface area contributed by atoms with E-state index in [1.54, 1.807) is 13.1 Å². The topological polar surface area (TPSA) is 55.9 Å². The molecule has 0 bridgehead atoms. The fourth-order valence-corrected chi connectivity index (χ4v) is 3.99. The van der Waals surface area contributed by atoms with E-state index >= 15 is 0 Å². The van der Waals surface area contributed by atoms with Crippen LogP contribution in [0.2, 0.25) is 0 Å². The number of amides is 2. The van der Waals surface area contributed by atoms with Crippen molar-refractivity contribution in [2.24, 2.45) is 0 Å². The minimum absolute atomic E-state index is 0. The lowest BCUT2D eigenvalue weighted by Gasteiger charge is -2.32. The Kier molecular flexibility index (Phi) is 7.03. The number of hydrogen-bond donors (Lipinski definition) is 1. The Morgan fingerprint density at radius 2 is 2.08 bits per heavy atom. The lowest BCUT2D eigenvalue weighted by Crippen LogP contribution is -2.49. The number of carbonyl (C=O) groups excluding carboxylic acids is 2. The Morgan fingerprint density at radius 3 is 2.75 bits per heavy atom. The highest BCUT2D eigenvalue weighted by Crippen LogP contribution is 2.17. The van der Waals surface area contributed by atoms with E-state index in [-0.39, 0.29) is 30.8 Å². The average Bonchev–Trinajstić information content (AvgIpc) is 3.26. The largest absolute Gasteiger partial charge is 0.340 e. The van der Waals surface area contributed by atoms with Gasteiger partial charge in [0.05, 0.1) is 11.4 Å². The Bertz CT molecular complexity index is 548. The Balaban J connectivity index is 0.00000208. The molecule has 134 valence electrons. The molecule has 2 aliphatic heterocycles. The molecule has 0 aromatic carbocycles. The van der Waals surface area contributed by atoms with E-state index in [1.165, 1.54) is 16.2 Å². The molecule has 1 N–H and O–H groups in total. The zero-order valence-electron chi connectivity index (χ0n) is 13.9. The third-order valence-corrected chi connectivity index (χ3v) is 5.49. The van der Waals surface area contributed by atoms with Crippen molar-refractivity contribution in [3.8, 4) is 0 Å². The van der Waals surface area contributed by atoms with E-state index < -0.39 is 0 Å². The molecule has 2 saturated heterocycles. The molecule has 0 spiro atoms. The number of nitrogens with one attached hydrogen (secondary N) is 1. The third kappa shape index (κ3) is 4.47. The van der Waals surface area contributed by atoms with E-state index in [0.717, 1.165) is 45.7 Å². The van der Waals surface area contributed by atoms with E-state index in [4.69, 9.17) is 0 Å². The summed E-state index contributed by atoms with van der Waals surface area (Å²) in [5, 5.41) is 5.24. The van der Waals surface area contributed by atoms with Crippen molar-refractivity contribution in [1.82, 2.24) is 20.0 Å². The minimum atomic E-state index is -0.0776. The van der Waals surface area contributed by atoms with Crippen molar-refractivity contribution >= 4 is 35.6 Å².